The van der Waals surface area contributed by atoms with E-state index in [4.69, 9.17) is 4.98 Å². The van der Waals surface area contributed by atoms with Crippen molar-refractivity contribution in [1.29, 1.82) is 0 Å². The highest BCUT2D eigenvalue weighted by Crippen LogP contribution is 2.24. The number of hydrogen-bond acceptors (Lipinski definition) is 2. The molecule has 2 heterocycles. The number of rotatable bonds is 4. The number of carbonyl (C=O) groups is 1. The molecule has 4 heteroatoms. The Balaban J connectivity index is 1.72. The predicted octanol–water partition coefficient (Wildman–Crippen LogP) is 3.65. The molecule has 2 N–H and O–H groups in total. The van der Waals surface area contributed by atoms with Gasteiger partial charge in [-0.2, -0.15) is 0 Å². The van der Waals surface area contributed by atoms with Gasteiger partial charge in [0.15, 0.2) is 12.4 Å². The summed E-state index contributed by atoms with van der Waals surface area (Å²) in [5, 5.41) is 3.85. The average Bonchev–Trinajstić information content (AvgIpc) is 2.72. The first-order valence-electron chi connectivity index (χ1n) is 8.50. The molecule has 4 aromatic rings. The first kappa shape index (κ1) is 16.0. The molecule has 0 saturated carbocycles. The molecule has 0 fully saturated rings. The van der Waals surface area contributed by atoms with Crippen molar-refractivity contribution in [3.63, 3.8) is 0 Å². The average molecular weight is 340 g/mol. The molecule has 0 saturated heterocycles. The lowest BCUT2D eigenvalue weighted by Gasteiger charge is -2.10. The van der Waals surface area contributed by atoms with Crippen molar-refractivity contribution in [2.24, 2.45) is 0 Å². The minimum absolute atomic E-state index is 0.107. The highest BCUT2D eigenvalue weighted by atomic mass is 16.1. The fourth-order valence-corrected chi connectivity index (χ4v) is 2.94. The summed E-state index contributed by atoms with van der Waals surface area (Å²) in [5.74, 6) is -0.107. The summed E-state index contributed by atoms with van der Waals surface area (Å²) in [6.07, 6.45) is 3.72. The molecule has 0 unspecified atom stereocenters. The van der Waals surface area contributed by atoms with Crippen molar-refractivity contribution >= 4 is 16.8 Å². The predicted molar refractivity (Wildman–Crippen MR) is 101 cm³/mol. The summed E-state index contributed by atoms with van der Waals surface area (Å²) in [7, 11) is 0. The molecule has 4 rings (SSSR count). The number of pyridine rings is 2. The summed E-state index contributed by atoms with van der Waals surface area (Å²) < 4.78 is 0. The Hall–Kier alpha value is -3.53. The van der Waals surface area contributed by atoms with Crippen molar-refractivity contribution in [2.45, 2.75) is 6.54 Å². The smallest absolute Gasteiger partial charge is 0.252 e. The summed E-state index contributed by atoms with van der Waals surface area (Å²) in [6, 6.07) is 23.4. The van der Waals surface area contributed by atoms with Crippen molar-refractivity contribution in [3.8, 4) is 11.3 Å². The summed E-state index contributed by atoms with van der Waals surface area (Å²) in [5.41, 5.74) is 4.25. The monoisotopic (exact) mass is 340 g/mol. The fraction of sp³-hybridized carbons (Fsp3) is 0.0455. The molecule has 0 aliphatic rings. The highest BCUT2D eigenvalue weighted by Gasteiger charge is 2.14. The largest absolute Gasteiger partial charge is 0.348 e. The third kappa shape index (κ3) is 3.30. The molecular formula is C22H18N3O+. The quantitative estimate of drug-likeness (QED) is 0.616. The third-order valence-corrected chi connectivity index (χ3v) is 4.25. The lowest BCUT2D eigenvalue weighted by molar-refractivity contribution is -0.378. The van der Waals surface area contributed by atoms with Crippen LogP contribution in [0.3, 0.4) is 0 Å². The first-order valence-corrected chi connectivity index (χ1v) is 8.50. The summed E-state index contributed by atoms with van der Waals surface area (Å²) in [4.78, 5) is 20.6. The topological polar surface area (TPSA) is 56.1 Å². The Morgan fingerprint density at radius 2 is 1.77 bits per heavy atom. The van der Waals surface area contributed by atoms with Gasteiger partial charge in [0.1, 0.15) is 0 Å². The minimum Gasteiger partial charge on any atom is -0.348 e. The Bertz CT molecular complexity index is 1050. The molecule has 2 aromatic carbocycles. The van der Waals surface area contributed by atoms with Crippen molar-refractivity contribution in [2.75, 3.05) is 0 Å². The van der Waals surface area contributed by atoms with Crippen LogP contribution in [-0.2, 0) is 6.54 Å². The van der Waals surface area contributed by atoms with Crippen LogP contribution in [0.2, 0.25) is 0 Å². The van der Waals surface area contributed by atoms with E-state index in [9.17, 15) is 4.79 Å². The second-order valence-electron chi connectivity index (χ2n) is 6.03. The van der Waals surface area contributed by atoms with E-state index >= 15 is 0 Å². The van der Waals surface area contributed by atoms with Crippen LogP contribution >= 0.6 is 0 Å². The van der Waals surface area contributed by atoms with Crippen LogP contribution in [0, 0.1) is 0 Å². The number of aromatic amines is 1. The maximum Gasteiger partial charge on any atom is 0.252 e. The Morgan fingerprint density at radius 1 is 0.962 bits per heavy atom. The highest BCUT2D eigenvalue weighted by molar-refractivity contribution is 6.07. The molecule has 0 aliphatic heterocycles. The molecule has 0 radical (unpaired) electrons. The lowest BCUT2D eigenvalue weighted by Crippen LogP contribution is -2.24. The van der Waals surface area contributed by atoms with Gasteiger partial charge in [0.05, 0.1) is 16.8 Å². The van der Waals surface area contributed by atoms with E-state index in [-0.39, 0.29) is 5.91 Å². The fourth-order valence-electron chi connectivity index (χ4n) is 2.94. The van der Waals surface area contributed by atoms with Crippen LogP contribution in [0.25, 0.3) is 22.2 Å². The second-order valence-corrected chi connectivity index (χ2v) is 6.03. The number of benzene rings is 2. The maximum atomic E-state index is 12.9. The van der Waals surface area contributed by atoms with Crippen LogP contribution in [0.15, 0.2) is 85.2 Å². The zero-order valence-corrected chi connectivity index (χ0v) is 14.1. The second kappa shape index (κ2) is 7.15. The van der Waals surface area contributed by atoms with E-state index in [0.717, 1.165) is 27.7 Å². The van der Waals surface area contributed by atoms with E-state index in [1.807, 2.05) is 85.2 Å². The van der Waals surface area contributed by atoms with Crippen LogP contribution < -0.4 is 10.3 Å². The Labute approximate surface area is 151 Å². The van der Waals surface area contributed by atoms with E-state index < -0.39 is 0 Å². The van der Waals surface area contributed by atoms with Gasteiger partial charge in [0, 0.05) is 29.1 Å². The van der Waals surface area contributed by atoms with Gasteiger partial charge in [-0.05, 0) is 18.2 Å². The molecule has 0 aliphatic carbocycles. The number of fused-ring (bicyclic) bond motifs is 1. The van der Waals surface area contributed by atoms with Crippen LogP contribution in [-0.4, -0.2) is 10.9 Å². The number of H-pyrrole nitrogens is 1. The van der Waals surface area contributed by atoms with Crippen molar-refractivity contribution in [1.82, 2.24) is 10.3 Å². The van der Waals surface area contributed by atoms with Gasteiger partial charge in [-0.3, -0.25) is 4.79 Å². The molecule has 4 nitrogen and oxygen atoms in total. The summed E-state index contributed by atoms with van der Waals surface area (Å²) in [6.45, 7) is 0.466. The Kier molecular flexibility index (Phi) is 4.39. The zero-order chi connectivity index (χ0) is 17.8. The Morgan fingerprint density at radius 3 is 2.58 bits per heavy atom. The van der Waals surface area contributed by atoms with E-state index in [0.29, 0.717) is 12.1 Å². The van der Waals surface area contributed by atoms with Crippen molar-refractivity contribution in [3.05, 3.63) is 96.3 Å². The van der Waals surface area contributed by atoms with Gasteiger partial charge in [-0.1, -0.05) is 48.5 Å². The van der Waals surface area contributed by atoms with E-state index in [1.165, 1.54) is 0 Å². The van der Waals surface area contributed by atoms with Gasteiger partial charge in [-0.15, -0.1) is 0 Å². The number of amides is 1. The number of carbonyl (C=O) groups excluding carboxylic acids is 1. The SMILES string of the molecule is O=C(NCc1ccc[nH+]c1)c1cc(-c2ccccc2)nc2ccccc12. The van der Waals surface area contributed by atoms with Crippen LogP contribution in [0.1, 0.15) is 15.9 Å². The first-order chi connectivity index (χ1) is 12.8. The normalized spacial score (nSPS) is 10.6. The lowest BCUT2D eigenvalue weighted by atomic mass is 10.0. The van der Waals surface area contributed by atoms with Gasteiger partial charge < -0.3 is 5.32 Å². The standard InChI is InChI=1S/C22H17N3O/c26-22(24-15-16-7-6-12-23-14-16)19-13-21(17-8-2-1-3-9-17)25-20-11-5-4-10-18(19)20/h1-14H,15H2,(H,24,26)/p+1. The molecule has 26 heavy (non-hydrogen) atoms. The van der Waals surface area contributed by atoms with Gasteiger partial charge >= 0.3 is 0 Å². The van der Waals surface area contributed by atoms with Gasteiger partial charge in [0.2, 0.25) is 0 Å². The zero-order valence-electron chi connectivity index (χ0n) is 14.1. The number of para-hydroxylation sites is 1. The molecule has 0 atom stereocenters. The number of aromatic nitrogens is 2. The minimum atomic E-state index is -0.107. The molecule has 1 amide bonds. The maximum absolute atomic E-state index is 12.9. The molecule has 0 spiro atoms. The number of hydrogen-bond donors (Lipinski definition) is 1. The van der Waals surface area contributed by atoms with E-state index in [2.05, 4.69) is 10.3 Å². The number of nitrogens with zero attached hydrogens (tertiary/aromatic N) is 1. The molecule has 2 aromatic heterocycles. The van der Waals surface area contributed by atoms with Crippen LogP contribution in [0.4, 0.5) is 0 Å². The molecule has 0 bridgehead atoms. The molecule has 126 valence electrons. The van der Waals surface area contributed by atoms with Gasteiger partial charge in [0.25, 0.3) is 5.91 Å². The third-order valence-electron chi connectivity index (χ3n) is 4.25. The molecular weight excluding hydrogens is 322 g/mol. The summed E-state index contributed by atoms with van der Waals surface area (Å²) >= 11 is 0. The van der Waals surface area contributed by atoms with Gasteiger partial charge in [-0.25, -0.2) is 9.97 Å². The van der Waals surface area contributed by atoms with Crippen LogP contribution in [0.5, 0.6) is 0 Å². The van der Waals surface area contributed by atoms with E-state index in [1.54, 1.807) is 0 Å². The number of nitrogens with one attached hydrogen (secondary N) is 2. The van der Waals surface area contributed by atoms with Crippen molar-refractivity contribution < 1.29 is 9.78 Å².